The Balaban J connectivity index is 1.72. The Hall–Kier alpha value is -2.71. The fraction of sp³-hybridized carbons (Fsp3) is 0.588. The van der Waals surface area contributed by atoms with Crippen molar-refractivity contribution in [3.8, 4) is 0 Å². The van der Waals surface area contributed by atoms with Crippen molar-refractivity contribution in [3.63, 3.8) is 0 Å². The molecule has 0 aromatic carbocycles. The number of nitrogens with one attached hydrogen (secondary N) is 2. The molecule has 1 fully saturated rings. The first-order chi connectivity index (χ1) is 12.3. The van der Waals surface area contributed by atoms with E-state index in [9.17, 15) is 24.0 Å². The summed E-state index contributed by atoms with van der Waals surface area (Å²) in [6.45, 7) is 2.79. The van der Waals surface area contributed by atoms with Crippen molar-refractivity contribution in [1.82, 2.24) is 15.5 Å². The molecule has 26 heavy (non-hydrogen) atoms. The molecule has 1 aliphatic carbocycles. The Kier molecular flexibility index (Phi) is 6.48. The molecule has 0 saturated carbocycles. The molecule has 5 amide bonds. The number of imide groups is 2. The van der Waals surface area contributed by atoms with Crippen LogP contribution in [0.15, 0.2) is 12.2 Å². The van der Waals surface area contributed by atoms with Crippen LogP contribution in [0, 0.1) is 11.8 Å². The quantitative estimate of drug-likeness (QED) is 0.391. The summed E-state index contributed by atoms with van der Waals surface area (Å²) in [7, 11) is 0. The predicted octanol–water partition coefficient (Wildman–Crippen LogP) is 0.105. The Morgan fingerprint density at radius 1 is 1.15 bits per heavy atom. The fourth-order valence-electron chi connectivity index (χ4n) is 2.97. The molecule has 0 radical (unpaired) electrons. The van der Waals surface area contributed by atoms with Crippen molar-refractivity contribution in [2.24, 2.45) is 11.8 Å². The second-order valence-corrected chi connectivity index (χ2v) is 6.57. The van der Waals surface area contributed by atoms with Gasteiger partial charge in [0.1, 0.15) is 0 Å². The van der Waals surface area contributed by atoms with Crippen LogP contribution in [-0.4, -0.2) is 53.8 Å². The molecular weight excluding hydrogens is 342 g/mol. The number of fused-ring (bicyclic) bond motifs is 1. The highest BCUT2D eigenvalue weighted by atomic mass is 16.5. The van der Waals surface area contributed by atoms with E-state index in [1.54, 1.807) is 13.8 Å². The third-order valence-electron chi connectivity index (χ3n) is 4.18. The zero-order valence-electron chi connectivity index (χ0n) is 14.8. The number of amides is 5. The van der Waals surface area contributed by atoms with Gasteiger partial charge in [-0.15, -0.1) is 0 Å². The first-order valence-corrected chi connectivity index (χ1v) is 8.55. The first kappa shape index (κ1) is 19.6. The number of hydrogen-bond donors (Lipinski definition) is 2. The van der Waals surface area contributed by atoms with Gasteiger partial charge in [-0.2, -0.15) is 0 Å². The smallest absolute Gasteiger partial charge is 0.321 e. The molecule has 1 heterocycles. The number of urea groups is 1. The zero-order valence-corrected chi connectivity index (χ0v) is 14.8. The third-order valence-corrected chi connectivity index (χ3v) is 4.18. The van der Waals surface area contributed by atoms with Crippen molar-refractivity contribution < 1.29 is 28.7 Å². The molecule has 1 aliphatic heterocycles. The van der Waals surface area contributed by atoms with Gasteiger partial charge in [-0.05, 0) is 26.7 Å². The Morgan fingerprint density at radius 3 is 2.27 bits per heavy atom. The number of hydrogen-bond acceptors (Lipinski definition) is 6. The van der Waals surface area contributed by atoms with Gasteiger partial charge in [-0.1, -0.05) is 12.2 Å². The van der Waals surface area contributed by atoms with E-state index in [2.05, 4.69) is 5.32 Å². The van der Waals surface area contributed by atoms with Crippen molar-refractivity contribution in [3.05, 3.63) is 12.2 Å². The minimum absolute atomic E-state index is 0.0705. The van der Waals surface area contributed by atoms with Gasteiger partial charge in [0, 0.05) is 12.6 Å². The highest BCUT2D eigenvalue weighted by Crippen LogP contribution is 2.34. The lowest BCUT2D eigenvalue weighted by Gasteiger charge is -2.14. The van der Waals surface area contributed by atoms with Crippen LogP contribution in [0.5, 0.6) is 0 Å². The Labute approximate surface area is 151 Å². The van der Waals surface area contributed by atoms with Crippen LogP contribution in [0.25, 0.3) is 0 Å². The third kappa shape index (κ3) is 4.90. The second-order valence-electron chi connectivity index (χ2n) is 6.57. The minimum atomic E-state index is -0.762. The van der Waals surface area contributed by atoms with E-state index in [1.165, 1.54) is 0 Å². The molecule has 2 atom stereocenters. The summed E-state index contributed by atoms with van der Waals surface area (Å²) in [5, 5.41) is 4.48. The van der Waals surface area contributed by atoms with Crippen LogP contribution in [0.4, 0.5) is 4.79 Å². The van der Waals surface area contributed by atoms with E-state index in [4.69, 9.17) is 4.74 Å². The average molecular weight is 365 g/mol. The molecule has 0 unspecified atom stereocenters. The van der Waals surface area contributed by atoms with Crippen LogP contribution in [-0.2, 0) is 23.9 Å². The number of allylic oxidation sites excluding steroid dienone is 2. The molecule has 9 nitrogen and oxygen atoms in total. The van der Waals surface area contributed by atoms with Gasteiger partial charge in [0.15, 0.2) is 6.61 Å². The average Bonchev–Trinajstić information content (AvgIpc) is 2.82. The van der Waals surface area contributed by atoms with Crippen molar-refractivity contribution in [1.29, 1.82) is 0 Å². The number of ether oxygens (including phenoxy) is 1. The van der Waals surface area contributed by atoms with E-state index < -0.39 is 24.5 Å². The molecule has 0 aromatic rings. The maximum Gasteiger partial charge on any atom is 0.321 e. The number of carbonyl (C=O) groups excluding carboxylic acids is 5. The number of esters is 1. The van der Waals surface area contributed by atoms with Gasteiger partial charge in [-0.3, -0.25) is 29.4 Å². The Bertz CT molecular complexity index is 616. The summed E-state index contributed by atoms with van der Waals surface area (Å²) in [6, 6.07) is -0.815. The molecule has 142 valence electrons. The molecule has 2 N–H and O–H groups in total. The van der Waals surface area contributed by atoms with E-state index >= 15 is 0 Å². The number of rotatable bonds is 6. The molecule has 1 saturated heterocycles. The topological polar surface area (TPSA) is 122 Å². The number of likely N-dealkylation sites (tertiary alicyclic amines) is 1. The summed E-state index contributed by atoms with van der Waals surface area (Å²) in [5.74, 6) is -2.69. The molecule has 0 bridgehead atoms. The number of carbonyl (C=O) groups is 5. The second kappa shape index (κ2) is 8.59. The van der Waals surface area contributed by atoms with E-state index in [0.717, 1.165) is 4.90 Å². The maximum absolute atomic E-state index is 12.2. The van der Waals surface area contributed by atoms with Gasteiger partial charge >= 0.3 is 12.0 Å². The van der Waals surface area contributed by atoms with Gasteiger partial charge < -0.3 is 10.1 Å². The molecular formula is C17H23N3O6. The van der Waals surface area contributed by atoms with Crippen molar-refractivity contribution in [2.75, 3.05) is 13.2 Å². The van der Waals surface area contributed by atoms with E-state index in [-0.39, 0.29) is 42.7 Å². The largest absolute Gasteiger partial charge is 0.456 e. The fourth-order valence-corrected chi connectivity index (χ4v) is 2.97. The summed E-state index contributed by atoms with van der Waals surface area (Å²) in [6.07, 6.45) is 4.65. The Morgan fingerprint density at radius 2 is 1.73 bits per heavy atom. The summed E-state index contributed by atoms with van der Waals surface area (Å²) in [4.78, 5) is 60.2. The lowest BCUT2D eigenvalue weighted by molar-refractivity contribution is -0.149. The van der Waals surface area contributed by atoms with Crippen LogP contribution < -0.4 is 10.6 Å². The van der Waals surface area contributed by atoms with Gasteiger partial charge in [0.05, 0.1) is 18.3 Å². The summed E-state index contributed by atoms with van der Waals surface area (Å²) in [5.41, 5.74) is 0. The van der Waals surface area contributed by atoms with Crippen LogP contribution in [0.3, 0.4) is 0 Å². The predicted molar refractivity (Wildman–Crippen MR) is 89.5 cm³/mol. The minimum Gasteiger partial charge on any atom is -0.456 e. The number of nitrogens with zero attached hydrogens (tertiary/aromatic N) is 1. The van der Waals surface area contributed by atoms with Crippen LogP contribution in [0.2, 0.25) is 0 Å². The lowest BCUT2D eigenvalue weighted by atomic mass is 9.85. The van der Waals surface area contributed by atoms with Gasteiger partial charge in [-0.25, -0.2) is 4.79 Å². The van der Waals surface area contributed by atoms with Crippen molar-refractivity contribution >= 4 is 29.7 Å². The standard InChI is InChI=1S/C17H23N3O6/c1-10(2)18-17(25)19-13(21)9-26-14(22)7-8-20-15(23)11-5-3-4-6-12(11)16(20)24/h3-4,10-12H,5-9H2,1-2H3,(H2,18,19,21,25)/t11-,12+. The summed E-state index contributed by atoms with van der Waals surface area (Å²) < 4.78 is 4.77. The monoisotopic (exact) mass is 365 g/mol. The van der Waals surface area contributed by atoms with Crippen molar-refractivity contribution in [2.45, 2.75) is 39.2 Å². The molecule has 0 aromatic heterocycles. The van der Waals surface area contributed by atoms with Crippen LogP contribution >= 0.6 is 0 Å². The van der Waals surface area contributed by atoms with Gasteiger partial charge in [0.25, 0.3) is 5.91 Å². The van der Waals surface area contributed by atoms with E-state index in [0.29, 0.717) is 12.8 Å². The lowest BCUT2D eigenvalue weighted by Crippen LogP contribution is -2.44. The van der Waals surface area contributed by atoms with E-state index in [1.807, 2.05) is 17.5 Å². The molecule has 2 aliphatic rings. The molecule has 9 heteroatoms. The van der Waals surface area contributed by atoms with Gasteiger partial charge in [0.2, 0.25) is 11.8 Å². The maximum atomic E-state index is 12.2. The van der Waals surface area contributed by atoms with Crippen LogP contribution in [0.1, 0.15) is 33.1 Å². The molecule has 2 rings (SSSR count). The highest BCUT2D eigenvalue weighted by Gasteiger charge is 2.46. The summed E-state index contributed by atoms with van der Waals surface area (Å²) >= 11 is 0. The SMILES string of the molecule is CC(C)NC(=O)NC(=O)COC(=O)CCN1C(=O)[C@H]2CC=CC[C@H]2C1=O. The first-order valence-electron chi connectivity index (χ1n) is 8.55. The zero-order chi connectivity index (χ0) is 19.3. The molecule has 0 spiro atoms. The highest BCUT2D eigenvalue weighted by molar-refractivity contribution is 6.05. The normalized spacial score (nSPS) is 21.6.